The maximum absolute atomic E-state index is 5.93. The molecule has 0 fully saturated rings. The molecule has 0 bridgehead atoms. The van der Waals surface area contributed by atoms with Crippen LogP contribution in [0.1, 0.15) is 24.4 Å². The monoisotopic (exact) mass is 278 g/mol. The number of hydrogen-bond donors (Lipinski definition) is 0. The largest absolute Gasteiger partial charge is 0.470 e. The zero-order chi connectivity index (χ0) is 13.7. The van der Waals surface area contributed by atoms with E-state index in [1.165, 1.54) is 0 Å². The lowest BCUT2D eigenvalue weighted by Gasteiger charge is -2.14. The Balaban J connectivity index is 2.14. The third-order valence-corrected chi connectivity index (χ3v) is 2.75. The summed E-state index contributed by atoms with van der Waals surface area (Å²) >= 11 is 5.93. The van der Waals surface area contributed by atoms with Crippen LogP contribution in [0.3, 0.4) is 0 Å². The SMILES string of the molecule is COCc1nc(Cl)cc(OC(C)c2ccccc2)n1. The summed E-state index contributed by atoms with van der Waals surface area (Å²) in [5, 5.41) is 0.345. The van der Waals surface area contributed by atoms with Crippen molar-refractivity contribution in [3.05, 3.63) is 52.9 Å². The van der Waals surface area contributed by atoms with Crippen molar-refractivity contribution in [3.63, 3.8) is 0 Å². The molecule has 2 rings (SSSR count). The number of hydrogen-bond acceptors (Lipinski definition) is 4. The van der Waals surface area contributed by atoms with E-state index in [2.05, 4.69) is 9.97 Å². The van der Waals surface area contributed by atoms with Crippen molar-refractivity contribution in [3.8, 4) is 5.88 Å². The van der Waals surface area contributed by atoms with E-state index in [-0.39, 0.29) is 6.10 Å². The summed E-state index contributed by atoms with van der Waals surface area (Å²) in [6, 6.07) is 11.5. The van der Waals surface area contributed by atoms with Crippen molar-refractivity contribution in [2.45, 2.75) is 19.6 Å². The number of rotatable bonds is 5. The molecule has 1 heterocycles. The van der Waals surface area contributed by atoms with E-state index in [9.17, 15) is 0 Å². The zero-order valence-electron chi connectivity index (χ0n) is 10.8. The highest BCUT2D eigenvalue weighted by molar-refractivity contribution is 6.29. The topological polar surface area (TPSA) is 44.2 Å². The maximum atomic E-state index is 5.93. The van der Waals surface area contributed by atoms with Gasteiger partial charge in [0.25, 0.3) is 0 Å². The summed E-state index contributed by atoms with van der Waals surface area (Å²) in [6.07, 6.45) is -0.109. The lowest BCUT2D eigenvalue weighted by atomic mass is 10.1. The molecule has 0 amide bonds. The zero-order valence-corrected chi connectivity index (χ0v) is 11.6. The van der Waals surface area contributed by atoms with Crippen LogP contribution in [-0.4, -0.2) is 17.1 Å². The van der Waals surface area contributed by atoms with Crippen molar-refractivity contribution in [1.29, 1.82) is 0 Å². The van der Waals surface area contributed by atoms with E-state index in [0.29, 0.717) is 23.5 Å². The second-order valence-electron chi connectivity index (χ2n) is 4.05. The van der Waals surface area contributed by atoms with Gasteiger partial charge in [-0.3, -0.25) is 0 Å². The Morgan fingerprint density at radius 3 is 2.63 bits per heavy atom. The fourth-order valence-corrected chi connectivity index (χ4v) is 1.86. The third-order valence-electron chi connectivity index (χ3n) is 2.56. The van der Waals surface area contributed by atoms with Gasteiger partial charge in [-0.25, -0.2) is 4.98 Å². The van der Waals surface area contributed by atoms with Crippen LogP contribution in [0.4, 0.5) is 0 Å². The fraction of sp³-hybridized carbons (Fsp3) is 0.286. The number of ether oxygens (including phenoxy) is 2. The second-order valence-corrected chi connectivity index (χ2v) is 4.44. The highest BCUT2D eigenvalue weighted by atomic mass is 35.5. The molecule has 1 atom stereocenters. The molecule has 0 saturated heterocycles. The molecule has 4 nitrogen and oxygen atoms in total. The van der Waals surface area contributed by atoms with E-state index in [0.717, 1.165) is 5.56 Å². The average molecular weight is 279 g/mol. The molecule has 1 aromatic carbocycles. The van der Waals surface area contributed by atoms with Crippen molar-refractivity contribution >= 4 is 11.6 Å². The lowest BCUT2D eigenvalue weighted by Crippen LogP contribution is -2.06. The molecule has 5 heteroatoms. The first-order valence-corrected chi connectivity index (χ1v) is 6.31. The Bertz CT molecular complexity index is 534. The Hall–Kier alpha value is -1.65. The predicted molar refractivity (Wildman–Crippen MR) is 73.2 cm³/mol. The van der Waals surface area contributed by atoms with Gasteiger partial charge in [-0.05, 0) is 12.5 Å². The Kier molecular flexibility index (Phi) is 4.71. The van der Waals surface area contributed by atoms with Gasteiger partial charge in [0.2, 0.25) is 5.88 Å². The van der Waals surface area contributed by atoms with Crippen LogP contribution in [0, 0.1) is 0 Å². The maximum Gasteiger partial charge on any atom is 0.218 e. The summed E-state index contributed by atoms with van der Waals surface area (Å²) in [7, 11) is 1.58. The van der Waals surface area contributed by atoms with Gasteiger partial charge in [0, 0.05) is 13.2 Å². The van der Waals surface area contributed by atoms with Crippen LogP contribution < -0.4 is 4.74 Å². The first kappa shape index (κ1) is 13.8. The molecule has 0 radical (unpaired) electrons. The smallest absolute Gasteiger partial charge is 0.218 e. The van der Waals surface area contributed by atoms with Crippen LogP contribution >= 0.6 is 11.6 Å². The van der Waals surface area contributed by atoms with Gasteiger partial charge in [0.15, 0.2) is 5.82 Å². The van der Waals surface area contributed by atoms with Gasteiger partial charge in [0.05, 0.1) is 0 Å². The minimum atomic E-state index is -0.109. The van der Waals surface area contributed by atoms with Crippen LogP contribution in [0.2, 0.25) is 5.15 Å². The first-order chi connectivity index (χ1) is 9.19. The molecule has 1 unspecified atom stereocenters. The molecule has 100 valence electrons. The number of halogens is 1. The minimum absolute atomic E-state index is 0.109. The lowest BCUT2D eigenvalue weighted by molar-refractivity contribution is 0.173. The van der Waals surface area contributed by atoms with Gasteiger partial charge < -0.3 is 9.47 Å². The van der Waals surface area contributed by atoms with Crippen LogP contribution in [0.15, 0.2) is 36.4 Å². The molecule has 0 aliphatic rings. The van der Waals surface area contributed by atoms with E-state index in [1.807, 2.05) is 37.3 Å². The van der Waals surface area contributed by atoms with Crippen LogP contribution in [-0.2, 0) is 11.3 Å². The highest BCUT2D eigenvalue weighted by Crippen LogP contribution is 2.22. The summed E-state index contributed by atoms with van der Waals surface area (Å²) in [6.45, 7) is 2.26. The number of nitrogens with zero attached hydrogens (tertiary/aromatic N) is 2. The molecule has 0 saturated carbocycles. The summed E-state index contributed by atoms with van der Waals surface area (Å²) in [5.41, 5.74) is 1.07. The van der Waals surface area contributed by atoms with Crippen molar-refractivity contribution in [2.24, 2.45) is 0 Å². The Labute approximate surface area is 117 Å². The highest BCUT2D eigenvalue weighted by Gasteiger charge is 2.10. The van der Waals surface area contributed by atoms with E-state index in [4.69, 9.17) is 21.1 Å². The normalized spacial score (nSPS) is 12.2. The number of aromatic nitrogens is 2. The van der Waals surface area contributed by atoms with Gasteiger partial charge in [0.1, 0.15) is 17.9 Å². The number of methoxy groups -OCH3 is 1. The van der Waals surface area contributed by atoms with E-state index in [1.54, 1.807) is 13.2 Å². The van der Waals surface area contributed by atoms with Gasteiger partial charge in [-0.15, -0.1) is 0 Å². The molecular weight excluding hydrogens is 264 g/mol. The third kappa shape index (κ3) is 3.91. The fourth-order valence-electron chi connectivity index (χ4n) is 1.67. The molecule has 19 heavy (non-hydrogen) atoms. The Morgan fingerprint density at radius 1 is 1.21 bits per heavy atom. The summed E-state index contributed by atoms with van der Waals surface area (Å²) in [5.74, 6) is 0.952. The molecule has 1 aromatic heterocycles. The Morgan fingerprint density at radius 2 is 1.95 bits per heavy atom. The van der Waals surface area contributed by atoms with E-state index >= 15 is 0 Å². The van der Waals surface area contributed by atoms with Crippen LogP contribution in [0.5, 0.6) is 5.88 Å². The van der Waals surface area contributed by atoms with Crippen molar-refractivity contribution in [2.75, 3.05) is 7.11 Å². The quantitative estimate of drug-likeness (QED) is 0.786. The standard InChI is InChI=1S/C14H15ClN2O2/c1-10(11-6-4-3-5-7-11)19-14-8-12(15)16-13(17-14)9-18-2/h3-8,10H,9H2,1-2H3. The molecule has 0 N–H and O–H groups in total. The molecule has 0 spiro atoms. The molecule has 0 aliphatic heterocycles. The van der Waals surface area contributed by atoms with Gasteiger partial charge in [-0.1, -0.05) is 41.9 Å². The summed E-state index contributed by atoms with van der Waals surface area (Å²) in [4.78, 5) is 8.30. The van der Waals surface area contributed by atoms with Crippen molar-refractivity contribution in [1.82, 2.24) is 9.97 Å². The average Bonchev–Trinajstić information content (AvgIpc) is 2.39. The van der Waals surface area contributed by atoms with Gasteiger partial charge >= 0.3 is 0 Å². The van der Waals surface area contributed by atoms with Crippen molar-refractivity contribution < 1.29 is 9.47 Å². The minimum Gasteiger partial charge on any atom is -0.470 e. The van der Waals surface area contributed by atoms with Gasteiger partial charge in [-0.2, -0.15) is 4.98 Å². The summed E-state index contributed by atoms with van der Waals surface area (Å²) < 4.78 is 10.8. The predicted octanol–water partition coefficient (Wildman–Crippen LogP) is 3.42. The molecule has 2 aromatic rings. The number of benzene rings is 1. The van der Waals surface area contributed by atoms with E-state index < -0.39 is 0 Å². The second kappa shape index (κ2) is 6.50. The molecular formula is C14H15ClN2O2. The first-order valence-electron chi connectivity index (χ1n) is 5.93. The molecule has 0 aliphatic carbocycles. The van der Waals surface area contributed by atoms with Crippen LogP contribution in [0.25, 0.3) is 0 Å².